The maximum Gasteiger partial charge on any atom is 0.131 e. The first-order valence-electron chi connectivity index (χ1n) is 16.1. The SMILES string of the molecule is CC1(C)c2ccccc2-c2c1ccc1c3ccccc3n(-c3ccc(C4=NC(c5ccccc5)NC(c5ccccc5)N4)cc3)c21. The highest BCUT2D eigenvalue weighted by molar-refractivity contribution is 6.15. The molecule has 4 heteroatoms. The van der Waals surface area contributed by atoms with Gasteiger partial charge in [-0.2, -0.15) is 0 Å². The van der Waals surface area contributed by atoms with Crippen molar-refractivity contribution >= 4 is 27.6 Å². The maximum atomic E-state index is 5.17. The number of amidine groups is 1. The van der Waals surface area contributed by atoms with Gasteiger partial charge in [0.05, 0.1) is 11.0 Å². The summed E-state index contributed by atoms with van der Waals surface area (Å²) in [6.45, 7) is 4.70. The third-order valence-corrected chi connectivity index (χ3v) is 9.89. The van der Waals surface area contributed by atoms with E-state index in [1.165, 1.54) is 49.6 Å². The number of fused-ring (bicyclic) bond motifs is 7. The average Bonchev–Trinajstić information content (AvgIpc) is 3.58. The van der Waals surface area contributed by atoms with Crippen molar-refractivity contribution in [2.75, 3.05) is 0 Å². The molecule has 9 rings (SSSR count). The summed E-state index contributed by atoms with van der Waals surface area (Å²) in [4.78, 5) is 5.17. The van der Waals surface area contributed by atoms with Crippen LogP contribution < -0.4 is 10.6 Å². The molecule has 0 amide bonds. The van der Waals surface area contributed by atoms with E-state index in [-0.39, 0.29) is 17.7 Å². The third-order valence-electron chi connectivity index (χ3n) is 9.89. The second-order valence-electron chi connectivity index (χ2n) is 12.9. The number of hydrogen-bond donors (Lipinski definition) is 2. The second-order valence-corrected chi connectivity index (χ2v) is 12.9. The summed E-state index contributed by atoms with van der Waals surface area (Å²) >= 11 is 0. The van der Waals surface area contributed by atoms with Gasteiger partial charge in [0, 0.05) is 33.0 Å². The van der Waals surface area contributed by atoms with Crippen LogP contribution in [0.1, 0.15) is 54.0 Å². The maximum absolute atomic E-state index is 5.17. The van der Waals surface area contributed by atoms with Crippen LogP contribution in [0.2, 0.25) is 0 Å². The van der Waals surface area contributed by atoms with E-state index in [4.69, 9.17) is 4.99 Å². The normalized spacial score (nSPS) is 18.2. The van der Waals surface area contributed by atoms with Crippen molar-refractivity contribution in [3.05, 3.63) is 173 Å². The molecule has 2 atom stereocenters. The van der Waals surface area contributed by atoms with Crippen LogP contribution in [0.15, 0.2) is 151 Å². The molecule has 0 fully saturated rings. The Bertz CT molecular complexity index is 2280. The highest BCUT2D eigenvalue weighted by Crippen LogP contribution is 2.52. The molecule has 1 aromatic heterocycles. The second kappa shape index (κ2) is 10.3. The van der Waals surface area contributed by atoms with E-state index in [1.54, 1.807) is 0 Å². The van der Waals surface area contributed by atoms with E-state index < -0.39 is 0 Å². The fraction of sp³-hybridized carbons (Fsp3) is 0.119. The van der Waals surface area contributed by atoms with Gasteiger partial charge in [-0.15, -0.1) is 0 Å². The van der Waals surface area contributed by atoms with Gasteiger partial charge in [-0.05, 0) is 58.1 Å². The minimum Gasteiger partial charge on any atom is -0.350 e. The lowest BCUT2D eigenvalue weighted by atomic mass is 9.82. The molecular formula is C42H34N4. The predicted molar refractivity (Wildman–Crippen MR) is 190 cm³/mol. The van der Waals surface area contributed by atoms with E-state index >= 15 is 0 Å². The molecular weight excluding hydrogens is 560 g/mol. The molecule has 2 heterocycles. The highest BCUT2D eigenvalue weighted by atomic mass is 15.3. The lowest BCUT2D eigenvalue weighted by Gasteiger charge is -2.32. The zero-order chi connectivity index (χ0) is 30.8. The van der Waals surface area contributed by atoms with Crippen LogP contribution in [0.25, 0.3) is 38.6 Å². The Labute approximate surface area is 269 Å². The first-order chi connectivity index (χ1) is 22.6. The molecule has 1 aliphatic heterocycles. The summed E-state index contributed by atoms with van der Waals surface area (Å²) in [5, 5.41) is 9.94. The number of benzene rings is 6. The Hall–Kier alpha value is -5.45. The van der Waals surface area contributed by atoms with Crippen LogP contribution >= 0.6 is 0 Å². The highest BCUT2D eigenvalue weighted by Gasteiger charge is 2.37. The van der Waals surface area contributed by atoms with Crippen LogP contribution in [-0.4, -0.2) is 10.4 Å². The van der Waals surface area contributed by atoms with Gasteiger partial charge in [-0.3, -0.25) is 5.32 Å². The van der Waals surface area contributed by atoms with Crippen LogP contribution in [0, 0.1) is 0 Å². The van der Waals surface area contributed by atoms with Crippen molar-refractivity contribution in [1.29, 1.82) is 0 Å². The summed E-state index contributed by atoms with van der Waals surface area (Å²) < 4.78 is 2.46. The number of aliphatic imine (C=N–C) groups is 1. The molecule has 1 aliphatic carbocycles. The molecule has 0 bridgehead atoms. The molecule has 222 valence electrons. The monoisotopic (exact) mass is 594 g/mol. The average molecular weight is 595 g/mol. The van der Waals surface area contributed by atoms with Gasteiger partial charge < -0.3 is 9.88 Å². The van der Waals surface area contributed by atoms with Crippen molar-refractivity contribution in [3.63, 3.8) is 0 Å². The van der Waals surface area contributed by atoms with Gasteiger partial charge in [0.25, 0.3) is 0 Å². The van der Waals surface area contributed by atoms with Crippen molar-refractivity contribution in [1.82, 2.24) is 15.2 Å². The van der Waals surface area contributed by atoms with Gasteiger partial charge in [-0.25, -0.2) is 4.99 Å². The summed E-state index contributed by atoms with van der Waals surface area (Å²) in [6.07, 6.45) is -0.229. The molecule has 0 spiro atoms. The van der Waals surface area contributed by atoms with Gasteiger partial charge in [-0.1, -0.05) is 129 Å². The molecule has 0 saturated heterocycles. The minimum absolute atomic E-state index is 0.0608. The number of para-hydroxylation sites is 1. The van der Waals surface area contributed by atoms with Crippen molar-refractivity contribution in [3.8, 4) is 16.8 Å². The third kappa shape index (κ3) is 4.07. The first-order valence-corrected chi connectivity index (χ1v) is 16.1. The Morgan fingerprint density at radius 1 is 0.609 bits per heavy atom. The molecule has 2 aliphatic rings. The summed E-state index contributed by atoms with van der Waals surface area (Å²) in [6, 6.07) is 52.3. The molecule has 0 saturated carbocycles. The Morgan fingerprint density at radius 3 is 2.07 bits per heavy atom. The lowest BCUT2D eigenvalue weighted by molar-refractivity contribution is 0.409. The largest absolute Gasteiger partial charge is 0.350 e. The fourth-order valence-electron chi connectivity index (χ4n) is 7.61. The van der Waals surface area contributed by atoms with Crippen LogP contribution in [-0.2, 0) is 5.41 Å². The zero-order valence-corrected chi connectivity index (χ0v) is 25.9. The van der Waals surface area contributed by atoms with Crippen LogP contribution in [0.5, 0.6) is 0 Å². The van der Waals surface area contributed by atoms with Crippen molar-refractivity contribution in [2.24, 2.45) is 4.99 Å². The molecule has 7 aromatic rings. The van der Waals surface area contributed by atoms with Crippen LogP contribution in [0.3, 0.4) is 0 Å². The summed E-state index contributed by atoms with van der Waals surface area (Å²) in [7, 11) is 0. The molecule has 2 N–H and O–H groups in total. The van der Waals surface area contributed by atoms with E-state index in [1.807, 2.05) is 6.07 Å². The van der Waals surface area contributed by atoms with Gasteiger partial charge >= 0.3 is 0 Å². The predicted octanol–water partition coefficient (Wildman–Crippen LogP) is 9.43. The van der Waals surface area contributed by atoms with Crippen LogP contribution in [0.4, 0.5) is 0 Å². The number of nitrogens with one attached hydrogen (secondary N) is 2. The summed E-state index contributed by atoms with van der Waals surface area (Å²) in [5.41, 5.74) is 12.4. The Kier molecular flexibility index (Phi) is 6.02. The minimum atomic E-state index is -0.161. The summed E-state index contributed by atoms with van der Waals surface area (Å²) in [5.74, 6) is 0.881. The molecule has 6 aromatic carbocycles. The Morgan fingerprint density at radius 2 is 1.28 bits per heavy atom. The van der Waals surface area contributed by atoms with Crippen molar-refractivity contribution in [2.45, 2.75) is 31.6 Å². The van der Waals surface area contributed by atoms with E-state index in [2.05, 4.69) is 169 Å². The van der Waals surface area contributed by atoms with Crippen molar-refractivity contribution < 1.29 is 0 Å². The van der Waals surface area contributed by atoms with Gasteiger partial charge in [0.2, 0.25) is 0 Å². The van der Waals surface area contributed by atoms with E-state index in [9.17, 15) is 0 Å². The topological polar surface area (TPSA) is 41.4 Å². The zero-order valence-electron chi connectivity index (χ0n) is 25.9. The number of rotatable bonds is 4. The molecule has 46 heavy (non-hydrogen) atoms. The number of hydrogen-bond acceptors (Lipinski definition) is 3. The lowest BCUT2D eigenvalue weighted by Crippen LogP contribution is -2.44. The standard InChI is InChI=1S/C42H34N4/c1-42(2)34-19-11-9-18-33(34)37-35(42)26-25-32-31-17-10-12-20-36(31)46(38(32)37)30-23-21-29(22-24-30)41-44-39(27-13-5-3-6-14-27)43-40(45-41)28-15-7-4-8-16-28/h3-26,39-40,43H,1-2H3,(H,44,45). The molecule has 2 unspecified atom stereocenters. The molecule has 4 nitrogen and oxygen atoms in total. The van der Waals surface area contributed by atoms with E-state index in [0.29, 0.717) is 0 Å². The van der Waals surface area contributed by atoms with E-state index in [0.717, 1.165) is 22.6 Å². The quantitative estimate of drug-likeness (QED) is 0.213. The first kappa shape index (κ1) is 26.9. The molecule has 0 radical (unpaired) electrons. The Balaban J connectivity index is 1.19. The van der Waals surface area contributed by atoms with Gasteiger partial charge in [0.1, 0.15) is 18.2 Å². The smallest absolute Gasteiger partial charge is 0.131 e. The van der Waals surface area contributed by atoms with Gasteiger partial charge in [0.15, 0.2) is 0 Å². The fourth-order valence-corrected chi connectivity index (χ4v) is 7.61. The number of nitrogens with zero attached hydrogens (tertiary/aromatic N) is 2. The number of aromatic nitrogens is 1.